The largest absolute Gasteiger partial charge is 0.365 e. The summed E-state index contributed by atoms with van der Waals surface area (Å²) in [4.78, 5) is 26.3. The number of primary amides is 1. The Labute approximate surface area is 154 Å². The van der Waals surface area contributed by atoms with Gasteiger partial charge < -0.3 is 11.1 Å². The average molecular weight is 364 g/mol. The highest BCUT2D eigenvalue weighted by molar-refractivity contribution is 6.03. The van der Waals surface area contributed by atoms with E-state index in [0.29, 0.717) is 5.69 Å². The van der Waals surface area contributed by atoms with Gasteiger partial charge in [0.15, 0.2) is 5.82 Å². The number of hydrogen-bond donors (Lipinski definition) is 3. The van der Waals surface area contributed by atoms with Gasteiger partial charge in [-0.2, -0.15) is 5.10 Å². The Morgan fingerprint density at radius 2 is 1.89 bits per heavy atom. The van der Waals surface area contributed by atoms with Crippen LogP contribution in [0.3, 0.4) is 0 Å². The number of nitrogens with one attached hydrogen (secondary N) is 2. The number of aromatic nitrogens is 2. The summed E-state index contributed by atoms with van der Waals surface area (Å²) >= 11 is 0. The van der Waals surface area contributed by atoms with Gasteiger partial charge >= 0.3 is 0 Å². The molecule has 0 bridgehead atoms. The van der Waals surface area contributed by atoms with E-state index < -0.39 is 10.8 Å². The van der Waals surface area contributed by atoms with Crippen molar-refractivity contribution in [2.75, 3.05) is 5.32 Å². The molecule has 0 saturated heterocycles. The van der Waals surface area contributed by atoms with Crippen LogP contribution in [0.1, 0.15) is 21.5 Å². The summed E-state index contributed by atoms with van der Waals surface area (Å²) in [7, 11) is 0. The second-order valence-electron chi connectivity index (χ2n) is 5.76. The van der Waals surface area contributed by atoms with Gasteiger partial charge in [0.1, 0.15) is 11.4 Å². The van der Waals surface area contributed by atoms with Gasteiger partial charge in [-0.05, 0) is 24.6 Å². The number of nitrogens with zero attached hydrogens (tertiary/aromatic N) is 3. The fourth-order valence-corrected chi connectivity index (χ4v) is 2.35. The summed E-state index contributed by atoms with van der Waals surface area (Å²) in [5.74, 6) is -0.302. The maximum absolute atomic E-state index is 11.9. The Bertz CT molecular complexity index is 1010. The minimum atomic E-state index is -0.704. The number of hydrogen-bond acceptors (Lipinski definition) is 6. The number of non-ortho nitro benzene ring substituents is 1. The number of carbonyl (C=O) groups is 1. The molecule has 0 fully saturated rings. The monoisotopic (exact) mass is 364 g/mol. The van der Waals surface area contributed by atoms with E-state index in [0.717, 1.165) is 11.1 Å². The SMILES string of the molecule is Cc1ccc(C=Nc2n[nH]c(Nc3ccc([N+](=O)[O-])cc3)c2C(N)=O)cc1. The molecular formula is C18H16N6O3. The zero-order valence-corrected chi connectivity index (χ0v) is 14.3. The van der Waals surface area contributed by atoms with Crippen LogP contribution in [-0.2, 0) is 0 Å². The third-order valence-electron chi connectivity index (χ3n) is 3.75. The molecule has 27 heavy (non-hydrogen) atoms. The molecule has 0 radical (unpaired) electrons. The van der Waals surface area contributed by atoms with Gasteiger partial charge in [-0.25, -0.2) is 4.99 Å². The molecule has 3 aromatic rings. The Balaban J connectivity index is 1.85. The predicted octanol–water partition coefficient (Wildman–Crippen LogP) is 3.22. The van der Waals surface area contributed by atoms with Crippen molar-refractivity contribution < 1.29 is 9.72 Å². The van der Waals surface area contributed by atoms with E-state index >= 15 is 0 Å². The van der Waals surface area contributed by atoms with Crippen LogP contribution in [0.25, 0.3) is 0 Å². The van der Waals surface area contributed by atoms with E-state index in [1.54, 1.807) is 6.21 Å². The van der Waals surface area contributed by atoms with E-state index in [1.165, 1.54) is 24.3 Å². The predicted molar refractivity (Wildman–Crippen MR) is 102 cm³/mol. The van der Waals surface area contributed by atoms with Gasteiger partial charge in [-0.15, -0.1) is 0 Å². The Morgan fingerprint density at radius 1 is 1.22 bits per heavy atom. The summed E-state index contributed by atoms with van der Waals surface area (Å²) in [5, 5.41) is 20.3. The molecule has 1 amide bonds. The number of rotatable bonds is 6. The number of aryl methyl sites for hydroxylation is 1. The molecule has 4 N–H and O–H groups in total. The molecule has 3 rings (SSSR count). The summed E-state index contributed by atoms with van der Waals surface area (Å²) in [6.07, 6.45) is 1.58. The van der Waals surface area contributed by atoms with Crippen molar-refractivity contribution in [3.05, 3.63) is 75.3 Å². The van der Waals surface area contributed by atoms with Crippen LogP contribution < -0.4 is 11.1 Å². The number of anilines is 2. The maximum Gasteiger partial charge on any atom is 0.269 e. The highest BCUT2D eigenvalue weighted by atomic mass is 16.6. The normalized spacial score (nSPS) is 10.9. The van der Waals surface area contributed by atoms with Gasteiger partial charge in [-0.3, -0.25) is 20.0 Å². The molecule has 0 aliphatic rings. The minimum Gasteiger partial charge on any atom is -0.365 e. The first-order chi connectivity index (χ1) is 12.9. The van der Waals surface area contributed by atoms with E-state index in [4.69, 9.17) is 5.73 Å². The Kier molecular flexibility index (Phi) is 4.93. The molecule has 9 nitrogen and oxygen atoms in total. The standard InChI is InChI=1S/C18H16N6O3/c1-11-2-4-12(5-3-11)10-20-17-15(16(19)25)18(23-22-17)21-13-6-8-14(9-7-13)24(26)27/h2-10H,1H3,(H2,19,25)(H2,21,22,23). The number of nitro groups is 1. The number of nitro benzene ring substituents is 1. The Hall–Kier alpha value is -4.01. The molecule has 1 heterocycles. The lowest BCUT2D eigenvalue weighted by molar-refractivity contribution is -0.384. The number of aromatic amines is 1. The minimum absolute atomic E-state index is 0.0383. The van der Waals surface area contributed by atoms with Crippen molar-refractivity contribution in [3.63, 3.8) is 0 Å². The summed E-state index contributed by atoms with van der Waals surface area (Å²) in [6, 6.07) is 13.4. The van der Waals surface area contributed by atoms with Crippen molar-refractivity contribution >= 4 is 35.1 Å². The Morgan fingerprint density at radius 3 is 2.48 bits per heavy atom. The fraction of sp³-hybridized carbons (Fsp3) is 0.0556. The molecule has 136 valence electrons. The number of benzene rings is 2. The first-order valence-corrected chi connectivity index (χ1v) is 7.94. The summed E-state index contributed by atoms with van der Waals surface area (Å²) in [6.45, 7) is 1.98. The molecule has 1 aromatic heterocycles. The second kappa shape index (κ2) is 7.48. The topological polar surface area (TPSA) is 139 Å². The van der Waals surface area contributed by atoms with Gasteiger partial charge in [0, 0.05) is 24.0 Å². The van der Waals surface area contributed by atoms with Crippen molar-refractivity contribution in [2.45, 2.75) is 6.92 Å². The van der Waals surface area contributed by atoms with Crippen molar-refractivity contribution in [2.24, 2.45) is 10.7 Å². The van der Waals surface area contributed by atoms with E-state index in [2.05, 4.69) is 20.5 Å². The maximum atomic E-state index is 11.9. The van der Waals surface area contributed by atoms with Gasteiger partial charge in [0.25, 0.3) is 11.6 Å². The van der Waals surface area contributed by atoms with E-state index in [-0.39, 0.29) is 22.9 Å². The van der Waals surface area contributed by atoms with E-state index in [1.807, 2.05) is 31.2 Å². The van der Waals surface area contributed by atoms with Crippen LogP contribution in [0, 0.1) is 17.0 Å². The lowest BCUT2D eigenvalue weighted by atomic mass is 10.2. The number of aliphatic imine (C=N–C) groups is 1. The lowest BCUT2D eigenvalue weighted by Crippen LogP contribution is -2.12. The summed E-state index contributed by atoms with van der Waals surface area (Å²) in [5.41, 5.74) is 8.02. The number of carbonyl (C=O) groups excluding carboxylic acids is 1. The first-order valence-electron chi connectivity index (χ1n) is 7.94. The number of amides is 1. The molecule has 0 spiro atoms. The van der Waals surface area contributed by atoms with Gasteiger partial charge in [-0.1, -0.05) is 29.8 Å². The number of nitrogens with two attached hydrogens (primary N) is 1. The zero-order valence-electron chi connectivity index (χ0n) is 14.3. The van der Waals surface area contributed by atoms with Crippen LogP contribution in [0.15, 0.2) is 53.5 Å². The lowest BCUT2D eigenvalue weighted by Gasteiger charge is -2.05. The molecule has 0 atom stereocenters. The van der Waals surface area contributed by atoms with Gasteiger partial charge in [0.2, 0.25) is 0 Å². The summed E-state index contributed by atoms with van der Waals surface area (Å²) < 4.78 is 0. The molecule has 0 unspecified atom stereocenters. The van der Waals surface area contributed by atoms with Crippen molar-refractivity contribution in [1.29, 1.82) is 0 Å². The molecule has 0 aliphatic carbocycles. The van der Waals surface area contributed by atoms with Crippen LogP contribution in [0.4, 0.5) is 23.0 Å². The quantitative estimate of drug-likeness (QED) is 0.350. The molecule has 0 saturated carbocycles. The van der Waals surface area contributed by atoms with Crippen LogP contribution in [-0.4, -0.2) is 27.2 Å². The highest BCUT2D eigenvalue weighted by Gasteiger charge is 2.18. The smallest absolute Gasteiger partial charge is 0.269 e. The highest BCUT2D eigenvalue weighted by Crippen LogP contribution is 2.27. The van der Waals surface area contributed by atoms with Gasteiger partial charge in [0.05, 0.1) is 4.92 Å². The molecule has 2 aromatic carbocycles. The van der Waals surface area contributed by atoms with Crippen LogP contribution >= 0.6 is 0 Å². The third kappa shape index (κ3) is 4.15. The molecule has 9 heteroatoms. The molecule has 0 aliphatic heterocycles. The van der Waals surface area contributed by atoms with Crippen LogP contribution in [0.2, 0.25) is 0 Å². The second-order valence-corrected chi connectivity index (χ2v) is 5.76. The van der Waals surface area contributed by atoms with Crippen LogP contribution in [0.5, 0.6) is 0 Å². The van der Waals surface area contributed by atoms with E-state index in [9.17, 15) is 14.9 Å². The third-order valence-corrected chi connectivity index (χ3v) is 3.75. The zero-order chi connectivity index (χ0) is 19.4. The molecular weight excluding hydrogens is 348 g/mol. The van der Waals surface area contributed by atoms with Crippen molar-refractivity contribution in [1.82, 2.24) is 10.2 Å². The first kappa shape index (κ1) is 17.8. The average Bonchev–Trinajstić information content (AvgIpc) is 3.04. The van der Waals surface area contributed by atoms with Crippen molar-refractivity contribution in [3.8, 4) is 0 Å². The fourth-order valence-electron chi connectivity index (χ4n) is 2.35. The number of H-pyrrole nitrogens is 1.